The molecule has 2 aromatic carbocycles. The van der Waals surface area contributed by atoms with Crippen LogP contribution in [0.3, 0.4) is 0 Å². The number of aliphatic imine (C=N–C) groups is 1. The maximum atomic E-state index is 13.6. The molecule has 0 radical (unpaired) electrons. The topological polar surface area (TPSA) is 77.6 Å². The van der Waals surface area contributed by atoms with Crippen LogP contribution < -0.4 is 5.32 Å². The van der Waals surface area contributed by atoms with E-state index in [9.17, 15) is 14.0 Å². The minimum absolute atomic E-state index is 0.0707. The zero-order chi connectivity index (χ0) is 24.2. The third-order valence-electron chi connectivity index (χ3n) is 6.65. The van der Waals surface area contributed by atoms with Crippen LogP contribution in [0.1, 0.15) is 44.1 Å². The second-order valence-electron chi connectivity index (χ2n) is 9.17. The largest absolute Gasteiger partial charge is 0.361 e. The van der Waals surface area contributed by atoms with E-state index in [2.05, 4.69) is 10.3 Å². The Morgan fingerprint density at radius 1 is 1.14 bits per heavy atom. The molecule has 0 bridgehead atoms. The highest BCUT2D eigenvalue weighted by molar-refractivity contribution is 8.15. The van der Waals surface area contributed by atoms with E-state index < -0.39 is 5.25 Å². The van der Waals surface area contributed by atoms with E-state index in [0.29, 0.717) is 13.0 Å². The number of hydrogen-bond donors (Lipinski definition) is 2. The smallest absolute Gasteiger partial charge is 0.242 e. The Morgan fingerprint density at radius 3 is 2.74 bits per heavy atom. The first-order valence-corrected chi connectivity index (χ1v) is 13.1. The molecule has 182 valence electrons. The zero-order valence-corrected chi connectivity index (χ0v) is 20.3. The number of halogens is 1. The molecule has 0 spiro atoms. The highest BCUT2D eigenvalue weighted by atomic mass is 32.2. The molecule has 3 aromatic rings. The number of anilines is 1. The van der Waals surface area contributed by atoms with Crippen LogP contribution in [-0.4, -0.2) is 44.7 Å². The van der Waals surface area contributed by atoms with Crippen molar-refractivity contribution in [1.29, 1.82) is 0 Å². The van der Waals surface area contributed by atoms with Gasteiger partial charge in [-0.05, 0) is 55.2 Å². The highest BCUT2D eigenvalue weighted by Crippen LogP contribution is 2.33. The normalized spacial score (nSPS) is 20.1. The fraction of sp³-hybridized carbons (Fsp3) is 0.370. The first-order chi connectivity index (χ1) is 17.1. The number of benzene rings is 2. The Bertz CT molecular complexity index is 1240. The van der Waals surface area contributed by atoms with E-state index in [1.165, 1.54) is 30.3 Å². The van der Waals surface area contributed by atoms with Gasteiger partial charge >= 0.3 is 0 Å². The molecule has 2 aliphatic rings. The van der Waals surface area contributed by atoms with Crippen molar-refractivity contribution in [3.63, 3.8) is 0 Å². The number of aromatic nitrogens is 1. The number of para-hydroxylation sites is 1. The SMILES string of the molecule is O=C(C[C@@H]1SC(=NC2CCCCC2)N(CCc2c[nH]c3cc(F)ccc23)C1=O)Nc1ccccc1. The third kappa shape index (κ3) is 5.59. The summed E-state index contributed by atoms with van der Waals surface area (Å²) in [6.07, 6.45) is 8.23. The number of carbonyl (C=O) groups is 2. The lowest BCUT2D eigenvalue weighted by atomic mass is 9.96. The summed E-state index contributed by atoms with van der Waals surface area (Å²) in [4.78, 5) is 35.9. The predicted molar refractivity (Wildman–Crippen MR) is 139 cm³/mol. The maximum Gasteiger partial charge on any atom is 0.242 e. The summed E-state index contributed by atoms with van der Waals surface area (Å²) < 4.78 is 13.6. The maximum absolute atomic E-state index is 13.6. The molecular formula is C27H29FN4O2S. The molecule has 2 heterocycles. The number of carbonyl (C=O) groups excluding carboxylic acids is 2. The van der Waals surface area contributed by atoms with Crippen LogP contribution in [0.5, 0.6) is 0 Å². The number of nitrogens with one attached hydrogen (secondary N) is 2. The van der Waals surface area contributed by atoms with Crippen molar-refractivity contribution < 1.29 is 14.0 Å². The molecule has 1 aliphatic carbocycles. The van der Waals surface area contributed by atoms with Gasteiger partial charge in [-0.3, -0.25) is 19.5 Å². The molecule has 1 aliphatic heterocycles. The molecular weight excluding hydrogens is 463 g/mol. The number of thioether (sulfide) groups is 1. The Balaban J connectivity index is 1.31. The molecule has 6 nitrogen and oxygen atoms in total. The van der Waals surface area contributed by atoms with Crippen molar-refractivity contribution in [3.05, 3.63) is 66.1 Å². The van der Waals surface area contributed by atoms with Gasteiger partial charge < -0.3 is 10.3 Å². The lowest BCUT2D eigenvalue weighted by Gasteiger charge is -2.21. The van der Waals surface area contributed by atoms with Gasteiger partial charge in [-0.25, -0.2) is 4.39 Å². The number of rotatable bonds is 7. The summed E-state index contributed by atoms with van der Waals surface area (Å²) in [6.45, 7) is 0.471. The number of aromatic amines is 1. The summed E-state index contributed by atoms with van der Waals surface area (Å²) in [5, 5.41) is 4.08. The fourth-order valence-corrected chi connectivity index (χ4v) is 6.05. The molecule has 2 amide bonds. The van der Waals surface area contributed by atoms with Crippen LogP contribution in [0.25, 0.3) is 10.9 Å². The van der Waals surface area contributed by atoms with Crippen LogP contribution in [-0.2, 0) is 16.0 Å². The van der Waals surface area contributed by atoms with Crippen LogP contribution >= 0.6 is 11.8 Å². The molecule has 1 saturated carbocycles. The van der Waals surface area contributed by atoms with Crippen molar-refractivity contribution in [3.8, 4) is 0 Å². The first-order valence-electron chi connectivity index (χ1n) is 12.2. The predicted octanol–water partition coefficient (Wildman–Crippen LogP) is 5.51. The van der Waals surface area contributed by atoms with Crippen LogP contribution in [0, 0.1) is 5.82 Å². The summed E-state index contributed by atoms with van der Waals surface area (Å²) in [7, 11) is 0. The number of amides is 2. The zero-order valence-electron chi connectivity index (χ0n) is 19.5. The number of hydrogen-bond acceptors (Lipinski definition) is 4. The molecule has 2 N–H and O–H groups in total. The van der Waals surface area contributed by atoms with Gasteiger partial charge in [0.2, 0.25) is 11.8 Å². The van der Waals surface area contributed by atoms with Gasteiger partial charge in [0.05, 0.1) is 6.04 Å². The second kappa shape index (κ2) is 10.6. The van der Waals surface area contributed by atoms with E-state index >= 15 is 0 Å². The van der Waals surface area contributed by atoms with E-state index in [1.54, 1.807) is 11.0 Å². The van der Waals surface area contributed by atoms with Gasteiger partial charge in [-0.15, -0.1) is 0 Å². The van der Waals surface area contributed by atoms with Crippen LogP contribution in [0.2, 0.25) is 0 Å². The lowest BCUT2D eigenvalue weighted by Crippen LogP contribution is -2.35. The summed E-state index contributed by atoms with van der Waals surface area (Å²) in [5.41, 5.74) is 2.49. The Hall–Kier alpha value is -3.13. The molecule has 2 fully saturated rings. The second-order valence-corrected chi connectivity index (χ2v) is 10.3. The molecule has 8 heteroatoms. The molecule has 1 saturated heterocycles. The third-order valence-corrected chi connectivity index (χ3v) is 7.84. The Labute approximate surface area is 208 Å². The summed E-state index contributed by atoms with van der Waals surface area (Å²) in [6, 6.07) is 14.2. The molecule has 1 atom stereocenters. The van der Waals surface area contributed by atoms with Crippen molar-refractivity contribution in [2.75, 3.05) is 11.9 Å². The van der Waals surface area contributed by atoms with E-state index in [0.717, 1.165) is 53.0 Å². The minimum Gasteiger partial charge on any atom is -0.361 e. The minimum atomic E-state index is -0.488. The van der Waals surface area contributed by atoms with Gasteiger partial charge in [0.25, 0.3) is 0 Å². The van der Waals surface area contributed by atoms with Gasteiger partial charge in [-0.2, -0.15) is 0 Å². The summed E-state index contributed by atoms with van der Waals surface area (Å²) in [5.74, 6) is -0.534. The average Bonchev–Trinajstić information content (AvgIpc) is 3.38. The first kappa shape index (κ1) is 23.6. The summed E-state index contributed by atoms with van der Waals surface area (Å²) >= 11 is 1.41. The Kier molecular flexibility index (Phi) is 7.18. The lowest BCUT2D eigenvalue weighted by molar-refractivity contribution is -0.128. The van der Waals surface area contributed by atoms with Crippen molar-refractivity contribution in [2.45, 2.75) is 56.2 Å². The highest BCUT2D eigenvalue weighted by Gasteiger charge is 2.39. The van der Waals surface area contributed by atoms with Crippen LogP contribution in [0.4, 0.5) is 10.1 Å². The van der Waals surface area contributed by atoms with Crippen molar-refractivity contribution in [2.24, 2.45) is 4.99 Å². The van der Waals surface area contributed by atoms with Gasteiger partial charge in [0.15, 0.2) is 5.17 Å². The molecule has 1 aromatic heterocycles. The van der Waals surface area contributed by atoms with Gasteiger partial charge in [-0.1, -0.05) is 49.2 Å². The van der Waals surface area contributed by atoms with Crippen molar-refractivity contribution in [1.82, 2.24) is 9.88 Å². The van der Waals surface area contributed by atoms with Gasteiger partial charge in [0, 0.05) is 35.8 Å². The monoisotopic (exact) mass is 492 g/mol. The van der Waals surface area contributed by atoms with E-state index in [-0.39, 0.29) is 30.1 Å². The number of H-pyrrole nitrogens is 1. The van der Waals surface area contributed by atoms with Gasteiger partial charge in [0.1, 0.15) is 11.1 Å². The van der Waals surface area contributed by atoms with Crippen LogP contribution in [0.15, 0.2) is 59.7 Å². The number of amidine groups is 1. The molecule has 0 unspecified atom stereocenters. The van der Waals surface area contributed by atoms with E-state index in [1.807, 2.05) is 36.5 Å². The number of fused-ring (bicyclic) bond motifs is 1. The quantitative estimate of drug-likeness (QED) is 0.457. The van der Waals surface area contributed by atoms with Crippen molar-refractivity contribution >= 4 is 45.3 Å². The fourth-order valence-electron chi connectivity index (χ4n) is 4.81. The number of nitrogens with zero attached hydrogens (tertiary/aromatic N) is 2. The Morgan fingerprint density at radius 2 is 1.94 bits per heavy atom. The standard InChI is InChI=1S/C27H29FN4O2S/c28-19-11-12-22-18(17-29-23(22)15-19)13-14-32-26(34)24(16-25(33)30-20-7-3-1-4-8-20)35-27(32)31-21-9-5-2-6-10-21/h1,3-4,7-8,11-12,15,17,21,24,29H,2,5-6,9-10,13-14,16H2,(H,30,33)/t24-/m0/s1. The molecule has 5 rings (SSSR count). The molecule has 35 heavy (non-hydrogen) atoms. The average molecular weight is 493 g/mol. The van der Waals surface area contributed by atoms with E-state index in [4.69, 9.17) is 4.99 Å².